The van der Waals surface area contributed by atoms with Gasteiger partial charge in [0.05, 0.1) is 15.6 Å². The van der Waals surface area contributed by atoms with E-state index in [9.17, 15) is 31.1 Å². The number of alkyl halides is 6. The third-order valence-corrected chi connectivity index (χ3v) is 4.61. The van der Waals surface area contributed by atoms with E-state index in [1.807, 2.05) is 0 Å². The van der Waals surface area contributed by atoms with Gasteiger partial charge < -0.3 is 25.8 Å². The number of rotatable bonds is 5. The largest absolute Gasteiger partial charge is 0.490 e. The van der Waals surface area contributed by atoms with Crippen molar-refractivity contribution >= 4 is 52.4 Å². The molecule has 2 amide bonds. The Kier molecular flexibility index (Phi) is 9.96. The Labute approximate surface area is 219 Å². The number of nitrogens with zero attached hydrogens (tertiary/aromatic N) is 2. The minimum absolute atomic E-state index is 0.0337. The summed E-state index contributed by atoms with van der Waals surface area (Å²) in [6.07, 6.45) is -8.32. The second-order valence-electron chi connectivity index (χ2n) is 6.82. The number of carboxylic acid groups (broad SMARTS) is 1. The van der Waals surface area contributed by atoms with Crippen LogP contribution in [0.4, 0.5) is 48.3 Å². The molecule has 1 aromatic heterocycles. The number of carbonyl (C=O) groups is 2. The Morgan fingerprint density at radius 3 is 2.03 bits per heavy atom. The van der Waals surface area contributed by atoms with Gasteiger partial charge in [0.1, 0.15) is 12.1 Å². The molecule has 0 unspecified atom stereocenters. The van der Waals surface area contributed by atoms with Crippen molar-refractivity contribution in [3.8, 4) is 11.6 Å². The second-order valence-corrected chi connectivity index (χ2v) is 7.64. The fraction of sp³-hybridized carbons (Fsp3) is 0.143. The molecule has 0 spiro atoms. The van der Waals surface area contributed by atoms with Gasteiger partial charge in [-0.1, -0.05) is 29.3 Å². The summed E-state index contributed by atoms with van der Waals surface area (Å²) in [4.78, 5) is 29.0. The number of benzene rings is 2. The number of carboxylic acids is 1. The van der Waals surface area contributed by atoms with Crippen LogP contribution < -0.4 is 20.7 Å². The van der Waals surface area contributed by atoms with Gasteiger partial charge in [-0.2, -0.15) is 26.3 Å². The molecular weight excluding hydrogens is 571 g/mol. The topological polar surface area (TPSA) is 125 Å². The van der Waals surface area contributed by atoms with E-state index >= 15 is 0 Å². The SMILES string of the molecule is CNc1cc(Oc2c(Cl)cc(NC(=O)Nc3cccc(C(F)(F)F)c3)cc2Cl)ncn1.O=C(O)C(F)(F)F. The third-order valence-electron chi connectivity index (χ3n) is 4.05. The fourth-order valence-corrected chi connectivity index (χ4v) is 3.00. The van der Waals surface area contributed by atoms with E-state index in [-0.39, 0.29) is 33.0 Å². The zero-order valence-corrected chi connectivity index (χ0v) is 20.2. The number of urea groups is 1. The van der Waals surface area contributed by atoms with Gasteiger partial charge in [-0.15, -0.1) is 0 Å². The standard InChI is InChI=1S/C19H14Cl2F3N5O2.C2HF3O2/c1-25-15-8-16(27-9-26-15)31-17-13(20)6-12(7-14(17)21)29-18(30)28-11-4-2-3-10(5-11)19(22,23)24;3-2(4,5)1(6)7/h2-9H,1H3,(H,25,26,27)(H2,28,29,30);(H,6,7). The van der Waals surface area contributed by atoms with Crippen LogP contribution in [0.3, 0.4) is 0 Å². The van der Waals surface area contributed by atoms with E-state index in [2.05, 4.69) is 25.9 Å². The average molecular weight is 586 g/mol. The molecule has 3 rings (SSSR count). The van der Waals surface area contributed by atoms with Crippen molar-refractivity contribution in [1.29, 1.82) is 0 Å². The number of amides is 2. The van der Waals surface area contributed by atoms with Gasteiger partial charge in [-0.25, -0.2) is 19.6 Å². The number of anilines is 3. The Hall–Kier alpha value is -3.98. The van der Waals surface area contributed by atoms with E-state index in [0.717, 1.165) is 12.1 Å². The lowest BCUT2D eigenvalue weighted by atomic mass is 10.2. The van der Waals surface area contributed by atoms with Gasteiger partial charge in [0.25, 0.3) is 0 Å². The van der Waals surface area contributed by atoms with Gasteiger partial charge in [0.2, 0.25) is 5.88 Å². The molecule has 0 fully saturated rings. The molecule has 0 aliphatic carbocycles. The molecule has 0 aliphatic rings. The molecular formula is C21H15Cl2F6N5O4. The zero-order valence-electron chi connectivity index (χ0n) is 18.7. The molecule has 204 valence electrons. The highest BCUT2D eigenvalue weighted by atomic mass is 35.5. The summed E-state index contributed by atoms with van der Waals surface area (Å²) < 4.78 is 75.7. The minimum Gasteiger partial charge on any atom is -0.475 e. The molecule has 0 aliphatic heterocycles. The van der Waals surface area contributed by atoms with Crippen molar-refractivity contribution in [3.63, 3.8) is 0 Å². The molecule has 0 saturated heterocycles. The molecule has 2 aromatic carbocycles. The number of carbonyl (C=O) groups excluding carboxylic acids is 1. The summed E-state index contributed by atoms with van der Waals surface area (Å²) in [7, 11) is 1.68. The van der Waals surface area contributed by atoms with Crippen LogP contribution in [0.5, 0.6) is 11.6 Å². The number of aliphatic carboxylic acids is 1. The summed E-state index contributed by atoms with van der Waals surface area (Å²) in [6.45, 7) is 0. The van der Waals surface area contributed by atoms with Gasteiger partial charge in [-0.3, -0.25) is 0 Å². The lowest BCUT2D eigenvalue weighted by molar-refractivity contribution is -0.192. The van der Waals surface area contributed by atoms with E-state index in [4.69, 9.17) is 37.8 Å². The van der Waals surface area contributed by atoms with Gasteiger partial charge in [-0.05, 0) is 30.3 Å². The van der Waals surface area contributed by atoms with Crippen LogP contribution in [0.25, 0.3) is 0 Å². The Morgan fingerprint density at radius 2 is 1.50 bits per heavy atom. The third kappa shape index (κ3) is 9.15. The number of hydrogen-bond acceptors (Lipinski definition) is 6. The first kappa shape index (κ1) is 30.2. The number of ether oxygens (including phenoxy) is 1. The summed E-state index contributed by atoms with van der Waals surface area (Å²) in [5, 5.41) is 14.9. The van der Waals surface area contributed by atoms with Gasteiger partial charge in [0, 0.05) is 24.5 Å². The molecule has 4 N–H and O–H groups in total. The predicted octanol–water partition coefficient (Wildman–Crippen LogP) is 6.91. The monoisotopic (exact) mass is 585 g/mol. The molecule has 0 atom stereocenters. The number of aromatic nitrogens is 2. The zero-order chi connectivity index (χ0) is 28.7. The first-order valence-corrected chi connectivity index (χ1v) is 10.6. The van der Waals surface area contributed by atoms with Gasteiger partial charge in [0.15, 0.2) is 5.75 Å². The molecule has 17 heteroatoms. The maximum atomic E-state index is 12.8. The molecule has 1 heterocycles. The highest BCUT2D eigenvalue weighted by molar-refractivity contribution is 6.37. The summed E-state index contributed by atoms with van der Waals surface area (Å²) in [5.74, 6) is -1.95. The first-order chi connectivity index (χ1) is 17.6. The van der Waals surface area contributed by atoms with Crippen molar-refractivity contribution in [2.24, 2.45) is 0 Å². The van der Waals surface area contributed by atoms with Crippen LogP contribution in [0.1, 0.15) is 5.56 Å². The molecule has 0 radical (unpaired) electrons. The van der Waals surface area contributed by atoms with Crippen LogP contribution in [-0.2, 0) is 11.0 Å². The number of nitrogens with one attached hydrogen (secondary N) is 3. The quantitative estimate of drug-likeness (QED) is 0.240. The van der Waals surface area contributed by atoms with Gasteiger partial charge >= 0.3 is 24.4 Å². The van der Waals surface area contributed by atoms with E-state index in [0.29, 0.717) is 5.82 Å². The van der Waals surface area contributed by atoms with Crippen molar-refractivity contribution in [1.82, 2.24) is 9.97 Å². The lowest BCUT2D eigenvalue weighted by Crippen LogP contribution is -2.21. The fourth-order valence-electron chi connectivity index (χ4n) is 2.43. The Balaban J connectivity index is 0.000000638. The molecule has 3 aromatic rings. The number of hydrogen-bond donors (Lipinski definition) is 4. The maximum Gasteiger partial charge on any atom is 0.490 e. The summed E-state index contributed by atoms with van der Waals surface area (Å²) >= 11 is 12.4. The Morgan fingerprint density at radius 1 is 0.921 bits per heavy atom. The average Bonchev–Trinajstić information content (AvgIpc) is 2.81. The van der Waals surface area contributed by atoms with Crippen LogP contribution in [0.2, 0.25) is 10.0 Å². The van der Waals surface area contributed by atoms with Crippen LogP contribution in [0, 0.1) is 0 Å². The van der Waals surface area contributed by atoms with Crippen molar-refractivity contribution in [2.45, 2.75) is 12.4 Å². The van der Waals surface area contributed by atoms with E-state index in [1.165, 1.54) is 36.7 Å². The van der Waals surface area contributed by atoms with E-state index < -0.39 is 29.9 Å². The number of halogens is 8. The summed E-state index contributed by atoms with van der Waals surface area (Å²) in [6, 6.07) is 7.72. The van der Waals surface area contributed by atoms with Crippen LogP contribution >= 0.6 is 23.2 Å². The maximum absolute atomic E-state index is 12.8. The summed E-state index contributed by atoms with van der Waals surface area (Å²) in [5.41, 5.74) is -0.719. The van der Waals surface area contributed by atoms with Crippen LogP contribution in [0.15, 0.2) is 48.8 Å². The van der Waals surface area contributed by atoms with Crippen LogP contribution in [-0.4, -0.2) is 40.3 Å². The molecule has 0 bridgehead atoms. The molecule has 38 heavy (non-hydrogen) atoms. The highest BCUT2D eigenvalue weighted by Gasteiger charge is 2.38. The first-order valence-electron chi connectivity index (χ1n) is 9.82. The predicted molar refractivity (Wildman–Crippen MR) is 126 cm³/mol. The second kappa shape index (κ2) is 12.5. The molecule has 0 saturated carbocycles. The van der Waals surface area contributed by atoms with Crippen molar-refractivity contribution < 1.29 is 45.8 Å². The highest BCUT2D eigenvalue weighted by Crippen LogP contribution is 2.38. The van der Waals surface area contributed by atoms with Crippen molar-refractivity contribution in [3.05, 3.63) is 64.4 Å². The van der Waals surface area contributed by atoms with Crippen molar-refractivity contribution in [2.75, 3.05) is 23.0 Å². The normalized spacial score (nSPS) is 11.1. The minimum atomic E-state index is -5.08. The lowest BCUT2D eigenvalue weighted by Gasteiger charge is -2.13. The molecule has 9 nitrogen and oxygen atoms in total. The van der Waals surface area contributed by atoms with E-state index in [1.54, 1.807) is 7.05 Å². The smallest absolute Gasteiger partial charge is 0.475 e. The Bertz CT molecular complexity index is 1280.